The summed E-state index contributed by atoms with van der Waals surface area (Å²) in [6.45, 7) is 0. The maximum atomic E-state index is 11.2. The molecule has 1 aliphatic rings. The van der Waals surface area contributed by atoms with E-state index in [2.05, 4.69) is 4.98 Å². The molecule has 5 nitrogen and oxygen atoms in total. The lowest BCUT2D eigenvalue weighted by Gasteiger charge is -2.21. The van der Waals surface area contributed by atoms with Gasteiger partial charge in [-0.1, -0.05) is 32.1 Å². The molecule has 5 heteroatoms. The number of nitrogens with one attached hydrogen (secondary N) is 1. The van der Waals surface area contributed by atoms with Crippen LogP contribution < -0.4 is 5.56 Å². The summed E-state index contributed by atoms with van der Waals surface area (Å²) in [4.78, 5) is 23.7. The summed E-state index contributed by atoms with van der Waals surface area (Å²) < 4.78 is 0. The van der Waals surface area contributed by atoms with Crippen LogP contribution in [0.4, 0.5) is 5.69 Å². The van der Waals surface area contributed by atoms with E-state index in [1.165, 1.54) is 38.2 Å². The van der Waals surface area contributed by atoms with Crippen LogP contribution in [0.5, 0.6) is 0 Å². The highest BCUT2D eigenvalue weighted by Gasteiger charge is 2.17. The van der Waals surface area contributed by atoms with Gasteiger partial charge in [0.2, 0.25) is 0 Å². The fourth-order valence-electron chi connectivity index (χ4n) is 2.49. The maximum Gasteiger partial charge on any atom is 0.334 e. The molecule has 0 saturated heterocycles. The maximum absolute atomic E-state index is 11.2. The predicted molar refractivity (Wildman–Crippen MR) is 64.0 cm³/mol. The van der Waals surface area contributed by atoms with Crippen molar-refractivity contribution in [2.24, 2.45) is 5.92 Å². The first kappa shape index (κ1) is 11.8. The van der Waals surface area contributed by atoms with Crippen molar-refractivity contribution in [2.45, 2.75) is 38.5 Å². The topological polar surface area (TPSA) is 76.0 Å². The quantitative estimate of drug-likeness (QED) is 0.646. The molecular weight excluding hydrogens is 220 g/mol. The standard InChI is InChI=1S/C12H16N2O3/c15-12-11(14(16)17)7-10(8-13-12)6-9-4-2-1-3-5-9/h7-9H,1-6H2,(H,13,15). The molecule has 0 bridgehead atoms. The van der Waals surface area contributed by atoms with Crippen LogP contribution in [0.3, 0.4) is 0 Å². The molecule has 1 aromatic heterocycles. The number of rotatable bonds is 3. The van der Waals surface area contributed by atoms with Crippen molar-refractivity contribution in [3.63, 3.8) is 0 Å². The number of aromatic nitrogens is 1. The van der Waals surface area contributed by atoms with Crippen LogP contribution in [-0.2, 0) is 6.42 Å². The third-order valence-electron chi connectivity index (χ3n) is 3.39. The zero-order valence-electron chi connectivity index (χ0n) is 9.65. The molecule has 1 aromatic rings. The van der Waals surface area contributed by atoms with E-state index in [4.69, 9.17) is 0 Å². The van der Waals surface area contributed by atoms with Crippen LogP contribution in [0.25, 0.3) is 0 Å². The Morgan fingerprint density at radius 1 is 1.35 bits per heavy atom. The van der Waals surface area contributed by atoms with Crippen molar-refractivity contribution in [1.82, 2.24) is 4.98 Å². The molecule has 92 valence electrons. The third-order valence-corrected chi connectivity index (χ3v) is 3.39. The SMILES string of the molecule is O=c1[nH]cc(CC2CCCCC2)cc1[N+](=O)[O-]. The lowest BCUT2D eigenvalue weighted by molar-refractivity contribution is -0.386. The molecule has 0 atom stereocenters. The van der Waals surface area contributed by atoms with E-state index < -0.39 is 10.5 Å². The van der Waals surface area contributed by atoms with E-state index in [0.29, 0.717) is 5.92 Å². The zero-order chi connectivity index (χ0) is 12.3. The first-order valence-electron chi connectivity index (χ1n) is 6.03. The molecule has 0 unspecified atom stereocenters. The van der Waals surface area contributed by atoms with Crippen LogP contribution in [0, 0.1) is 16.0 Å². The molecule has 17 heavy (non-hydrogen) atoms. The van der Waals surface area contributed by atoms with Gasteiger partial charge in [-0.2, -0.15) is 0 Å². The second-order valence-electron chi connectivity index (χ2n) is 4.69. The molecule has 2 rings (SSSR count). The molecule has 0 aromatic carbocycles. The number of pyridine rings is 1. The summed E-state index contributed by atoms with van der Waals surface area (Å²) in [7, 11) is 0. The van der Waals surface area contributed by atoms with E-state index in [1.54, 1.807) is 6.20 Å². The molecule has 0 aliphatic heterocycles. The minimum absolute atomic E-state index is 0.349. The molecule has 0 radical (unpaired) electrons. The van der Waals surface area contributed by atoms with E-state index in [1.807, 2.05) is 0 Å². The average Bonchev–Trinajstić information content (AvgIpc) is 2.32. The van der Waals surface area contributed by atoms with Crippen molar-refractivity contribution < 1.29 is 4.92 Å². The van der Waals surface area contributed by atoms with Gasteiger partial charge in [0.1, 0.15) is 0 Å². The van der Waals surface area contributed by atoms with Crippen LogP contribution in [0.1, 0.15) is 37.7 Å². The molecule has 1 saturated carbocycles. The molecule has 1 N–H and O–H groups in total. The molecule has 1 fully saturated rings. The number of nitrogens with zero attached hydrogens (tertiary/aromatic N) is 1. The minimum Gasteiger partial charge on any atom is -0.323 e. The Hall–Kier alpha value is -1.65. The lowest BCUT2D eigenvalue weighted by Crippen LogP contribution is -2.14. The second kappa shape index (κ2) is 5.12. The van der Waals surface area contributed by atoms with Gasteiger partial charge in [-0.25, -0.2) is 0 Å². The van der Waals surface area contributed by atoms with Crippen molar-refractivity contribution in [3.05, 3.63) is 38.3 Å². The van der Waals surface area contributed by atoms with Crippen molar-refractivity contribution in [2.75, 3.05) is 0 Å². The zero-order valence-corrected chi connectivity index (χ0v) is 9.65. The summed E-state index contributed by atoms with van der Waals surface area (Å²) in [6.07, 6.45) is 8.59. The van der Waals surface area contributed by atoms with Crippen LogP contribution >= 0.6 is 0 Å². The van der Waals surface area contributed by atoms with E-state index in [0.717, 1.165) is 12.0 Å². The Labute approximate surface area is 99.0 Å². The molecule has 1 heterocycles. The largest absolute Gasteiger partial charge is 0.334 e. The molecule has 1 aliphatic carbocycles. The number of nitro groups is 1. The Balaban J connectivity index is 2.13. The van der Waals surface area contributed by atoms with Gasteiger partial charge < -0.3 is 4.98 Å². The highest BCUT2D eigenvalue weighted by molar-refractivity contribution is 5.30. The van der Waals surface area contributed by atoms with Gasteiger partial charge >= 0.3 is 11.2 Å². The highest BCUT2D eigenvalue weighted by atomic mass is 16.6. The lowest BCUT2D eigenvalue weighted by atomic mass is 9.85. The van der Waals surface area contributed by atoms with E-state index >= 15 is 0 Å². The van der Waals surface area contributed by atoms with Gasteiger partial charge in [0, 0.05) is 12.3 Å². The second-order valence-corrected chi connectivity index (χ2v) is 4.69. The average molecular weight is 236 g/mol. The van der Waals surface area contributed by atoms with Crippen molar-refractivity contribution >= 4 is 5.69 Å². The Bertz CT molecular complexity index is 461. The summed E-state index contributed by atoms with van der Waals surface area (Å²) in [6, 6.07) is 1.41. The van der Waals surface area contributed by atoms with Gasteiger partial charge in [-0.05, 0) is 17.9 Å². The minimum atomic E-state index is -0.623. The van der Waals surface area contributed by atoms with Crippen LogP contribution in [-0.4, -0.2) is 9.91 Å². The summed E-state index contributed by atoms with van der Waals surface area (Å²) in [5.74, 6) is 0.606. The first-order valence-corrected chi connectivity index (χ1v) is 6.03. The molecule has 0 spiro atoms. The summed E-state index contributed by atoms with van der Waals surface area (Å²) in [5, 5.41) is 10.7. The Morgan fingerprint density at radius 3 is 2.71 bits per heavy atom. The fraction of sp³-hybridized carbons (Fsp3) is 0.583. The van der Waals surface area contributed by atoms with Gasteiger partial charge in [0.05, 0.1) is 4.92 Å². The summed E-state index contributed by atoms with van der Waals surface area (Å²) >= 11 is 0. The summed E-state index contributed by atoms with van der Waals surface area (Å²) in [5.41, 5.74) is -0.107. The van der Waals surface area contributed by atoms with Gasteiger partial charge in [0.25, 0.3) is 0 Å². The number of H-pyrrole nitrogens is 1. The monoisotopic (exact) mass is 236 g/mol. The third kappa shape index (κ3) is 2.93. The van der Waals surface area contributed by atoms with Gasteiger partial charge in [0.15, 0.2) is 0 Å². The van der Waals surface area contributed by atoms with Gasteiger partial charge in [-0.3, -0.25) is 14.9 Å². The smallest absolute Gasteiger partial charge is 0.323 e. The van der Waals surface area contributed by atoms with E-state index in [-0.39, 0.29) is 5.69 Å². The molecule has 0 amide bonds. The van der Waals surface area contributed by atoms with Crippen LogP contribution in [0.2, 0.25) is 0 Å². The number of hydrogen-bond donors (Lipinski definition) is 1. The van der Waals surface area contributed by atoms with Crippen molar-refractivity contribution in [3.8, 4) is 0 Å². The van der Waals surface area contributed by atoms with E-state index in [9.17, 15) is 14.9 Å². The molecular formula is C12H16N2O3. The fourth-order valence-corrected chi connectivity index (χ4v) is 2.49. The number of aromatic amines is 1. The number of hydrogen-bond acceptors (Lipinski definition) is 3. The highest BCUT2D eigenvalue weighted by Crippen LogP contribution is 2.26. The normalized spacial score (nSPS) is 16.9. The van der Waals surface area contributed by atoms with Crippen LogP contribution in [0.15, 0.2) is 17.1 Å². The Morgan fingerprint density at radius 2 is 2.06 bits per heavy atom. The first-order chi connectivity index (χ1) is 8.16. The predicted octanol–water partition coefficient (Wildman–Crippen LogP) is 2.41. The Kier molecular flexibility index (Phi) is 3.56. The van der Waals surface area contributed by atoms with Crippen molar-refractivity contribution in [1.29, 1.82) is 0 Å². The van der Waals surface area contributed by atoms with Gasteiger partial charge in [-0.15, -0.1) is 0 Å².